The molecule has 0 amide bonds. The maximum atomic E-state index is 5.82. The van der Waals surface area contributed by atoms with Crippen molar-refractivity contribution in [2.75, 3.05) is 33.0 Å². The van der Waals surface area contributed by atoms with Crippen LogP contribution in [0.3, 0.4) is 0 Å². The van der Waals surface area contributed by atoms with Gasteiger partial charge in [0.05, 0.1) is 19.8 Å². The number of nitrogens with one attached hydrogen (secondary N) is 1. The molecule has 1 fully saturated rings. The van der Waals surface area contributed by atoms with Crippen LogP contribution in [0.25, 0.3) is 0 Å². The lowest BCUT2D eigenvalue weighted by atomic mass is 9.88. The van der Waals surface area contributed by atoms with Crippen LogP contribution in [-0.2, 0) is 4.74 Å². The van der Waals surface area contributed by atoms with E-state index >= 15 is 0 Å². The van der Waals surface area contributed by atoms with Gasteiger partial charge in [-0.1, -0.05) is 13.0 Å². The Bertz CT molecular complexity index is 457. The smallest absolute Gasteiger partial charge is 0.161 e. The van der Waals surface area contributed by atoms with Gasteiger partial charge in [-0.2, -0.15) is 0 Å². The van der Waals surface area contributed by atoms with E-state index in [1.165, 1.54) is 12.0 Å². The van der Waals surface area contributed by atoms with E-state index in [0.29, 0.717) is 12.0 Å². The lowest BCUT2D eigenvalue weighted by Gasteiger charge is -2.31. The SMILES string of the molecule is CCNC(c1ccc2c(c1)OCCCO2)C1CCCOC1. The van der Waals surface area contributed by atoms with Gasteiger partial charge < -0.3 is 19.5 Å². The van der Waals surface area contributed by atoms with Crippen molar-refractivity contribution in [2.24, 2.45) is 5.92 Å². The molecule has 0 aromatic heterocycles. The summed E-state index contributed by atoms with van der Waals surface area (Å²) in [6.45, 7) is 6.31. The maximum absolute atomic E-state index is 5.82. The fraction of sp³-hybridized carbons (Fsp3) is 0.647. The van der Waals surface area contributed by atoms with Crippen LogP contribution in [0.1, 0.15) is 37.8 Å². The Morgan fingerprint density at radius 3 is 2.76 bits per heavy atom. The minimum absolute atomic E-state index is 0.326. The highest BCUT2D eigenvalue weighted by atomic mass is 16.5. The summed E-state index contributed by atoms with van der Waals surface area (Å²) in [5, 5.41) is 3.61. The Morgan fingerprint density at radius 1 is 1.14 bits per heavy atom. The van der Waals surface area contributed by atoms with Gasteiger partial charge in [0.1, 0.15) is 0 Å². The molecule has 2 unspecified atom stereocenters. The molecule has 1 aromatic carbocycles. The number of hydrogen-bond donors (Lipinski definition) is 1. The van der Waals surface area contributed by atoms with Crippen LogP contribution < -0.4 is 14.8 Å². The van der Waals surface area contributed by atoms with E-state index in [1.54, 1.807) is 0 Å². The first-order valence-corrected chi connectivity index (χ1v) is 8.09. The summed E-state index contributed by atoms with van der Waals surface area (Å²) in [6, 6.07) is 6.68. The van der Waals surface area contributed by atoms with Crippen molar-refractivity contribution >= 4 is 0 Å². The Labute approximate surface area is 126 Å². The van der Waals surface area contributed by atoms with Crippen LogP contribution in [0.15, 0.2) is 18.2 Å². The molecule has 1 aromatic rings. The summed E-state index contributed by atoms with van der Waals surface area (Å²) in [4.78, 5) is 0. The van der Waals surface area contributed by atoms with Crippen molar-refractivity contribution in [2.45, 2.75) is 32.2 Å². The molecule has 2 aliphatic rings. The fourth-order valence-corrected chi connectivity index (χ4v) is 3.18. The molecule has 21 heavy (non-hydrogen) atoms. The van der Waals surface area contributed by atoms with Crippen molar-refractivity contribution in [1.82, 2.24) is 5.32 Å². The van der Waals surface area contributed by atoms with Crippen molar-refractivity contribution in [3.05, 3.63) is 23.8 Å². The zero-order valence-corrected chi connectivity index (χ0v) is 12.8. The zero-order valence-electron chi connectivity index (χ0n) is 12.8. The van der Waals surface area contributed by atoms with Gasteiger partial charge in [-0.25, -0.2) is 0 Å². The molecule has 116 valence electrons. The van der Waals surface area contributed by atoms with Crippen LogP contribution >= 0.6 is 0 Å². The first kappa shape index (κ1) is 14.7. The van der Waals surface area contributed by atoms with Crippen molar-refractivity contribution < 1.29 is 14.2 Å². The molecule has 0 spiro atoms. The first-order chi connectivity index (χ1) is 10.4. The third kappa shape index (κ3) is 3.50. The van der Waals surface area contributed by atoms with Crippen LogP contribution in [0.2, 0.25) is 0 Å². The van der Waals surface area contributed by atoms with Crippen molar-refractivity contribution in [1.29, 1.82) is 0 Å². The molecule has 0 saturated carbocycles. The summed E-state index contributed by atoms with van der Waals surface area (Å²) in [5.74, 6) is 2.28. The molecule has 1 saturated heterocycles. The largest absolute Gasteiger partial charge is 0.490 e. The third-order valence-corrected chi connectivity index (χ3v) is 4.22. The van der Waals surface area contributed by atoms with E-state index in [0.717, 1.165) is 57.3 Å². The third-order valence-electron chi connectivity index (χ3n) is 4.22. The predicted octanol–water partition coefficient (Wildman–Crippen LogP) is 2.93. The minimum Gasteiger partial charge on any atom is -0.490 e. The van der Waals surface area contributed by atoms with E-state index in [9.17, 15) is 0 Å². The molecule has 0 bridgehead atoms. The average Bonchev–Trinajstić information content (AvgIpc) is 2.78. The molecule has 0 aliphatic carbocycles. The van der Waals surface area contributed by atoms with Gasteiger partial charge in [-0.3, -0.25) is 0 Å². The van der Waals surface area contributed by atoms with Gasteiger partial charge in [0.15, 0.2) is 11.5 Å². The standard InChI is InChI=1S/C17H25NO3/c1-2-18-17(14-5-3-8-19-12-14)13-6-7-15-16(11-13)21-10-4-9-20-15/h6-7,11,14,17-18H,2-5,8-10,12H2,1H3. The summed E-state index contributed by atoms with van der Waals surface area (Å²) in [7, 11) is 0. The van der Waals surface area contributed by atoms with Crippen molar-refractivity contribution in [3.8, 4) is 11.5 Å². The highest BCUT2D eigenvalue weighted by Gasteiger charge is 2.26. The molecule has 3 rings (SSSR count). The second-order valence-electron chi connectivity index (χ2n) is 5.77. The number of fused-ring (bicyclic) bond motifs is 1. The van der Waals surface area contributed by atoms with Crippen LogP contribution in [0.4, 0.5) is 0 Å². The molecule has 2 atom stereocenters. The first-order valence-electron chi connectivity index (χ1n) is 8.09. The van der Waals surface area contributed by atoms with Gasteiger partial charge in [0.25, 0.3) is 0 Å². The van der Waals surface area contributed by atoms with Crippen molar-refractivity contribution in [3.63, 3.8) is 0 Å². The van der Waals surface area contributed by atoms with E-state index in [4.69, 9.17) is 14.2 Å². The van der Waals surface area contributed by atoms with E-state index in [-0.39, 0.29) is 0 Å². The van der Waals surface area contributed by atoms with Crippen LogP contribution in [-0.4, -0.2) is 33.0 Å². The summed E-state index contributed by atoms with van der Waals surface area (Å²) < 4.78 is 17.2. The second kappa shape index (κ2) is 7.14. The zero-order chi connectivity index (χ0) is 14.5. The van der Waals surface area contributed by atoms with Gasteiger partial charge in [0, 0.05) is 25.0 Å². The topological polar surface area (TPSA) is 39.7 Å². The quantitative estimate of drug-likeness (QED) is 0.926. The Morgan fingerprint density at radius 2 is 2.00 bits per heavy atom. The van der Waals surface area contributed by atoms with Crippen LogP contribution in [0, 0.1) is 5.92 Å². The summed E-state index contributed by atoms with van der Waals surface area (Å²) >= 11 is 0. The predicted molar refractivity (Wildman–Crippen MR) is 82.0 cm³/mol. The molecule has 4 heteroatoms. The summed E-state index contributed by atoms with van der Waals surface area (Å²) in [5.41, 5.74) is 1.27. The molecule has 1 N–H and O–H groups in total. The van der Waals surface area contributed by atoms with Gasteiger partial charge in [-0.05, 0) is 37.1 Å². The molecule has 2 aliphatic heterocycles. The van der Waals surface area contributed by atoms with E-state index in [1.807, 2.05) is 6.07 Å². The highest BCUT2D eigenvalue weighted by Crippen LogP contribution is 2.36. The van der Waals surface area contributed by atoms with Gasteiger partial charge in [-0.15, -0.1) is 0 Å². The Balaban J connectivity index is 1.82. The average molecular weight is 291 g/mol. The monoisotopic (exact) mass is 291 g/mol. The fourth-order valence-electron chi connectivity index (χ4n) is 3.18. The lowest BCUT2D eigenvalue weighted by molar-refractivity contribution is 0.0392. The molecule has 0 radical (unpaired) electrons. The highest BCUT2D eigenvalue weighted by molar-refractivity contribution is 5.44. The molecular weight excluding hydrogens is 266 g/mol. The maximum Gasteiger partial charge on any atom is 0.161 e. The molecule has 4 nitrogen and oxygen atoms in total. The number of ether oxygens (including phenoxy) is 3. The Hall–Kier alpha value is -1.26. The van der Waals surface area contributed by atoms with Crippen LogP contribution in [0.5, 0.6) is 11.5 Å². The van der Waals surface area contributed by atoms with E-state index in [2.05, 4.69) is 24.4 Å². The molecule has 2 heterocycles. The number of hydrogen-bond acceptors (Lipinski definition) is 4. The summed E-state index contributed by atoms with van der Waals surface area (Å²) in [6.07, 6.45) is 3.31. The number of rotatable bonds is 4. The number of benzene rings is 1. The Kier molecular flexibility index (Phi) is 4.99. The molecular formula is C17H25NO3. The second-order valence-corrected chi connectivity index (χ2v) is 5.77. The lowest BCUT2D eigenvalue weighted by Crippen LogP contribution is -2.33. The van der Waals surface area contributed by atoms with E-state index < -0.39 is 0 Å². The minimum atomic E-state index is 0.326. The van der Waals surface area contributed by atoms with Gasteiger partial charge in [0.2, 0.25) is 0 Å². The normalized spacial score (nSPS) is 23.4. The van der Waals surface area contributed by atoms with Gasteiger partial charge >= 0.3 is 0 Å².